The van der Waals surface area contributed by atoms with Gasteiger partial charge >= 0.3 is 0 Å². The highest BCUT2D eigenvalue weighted by Crippen LogP contribution is 2.37. The number of methoxy groups -OCH3 is 1. The van der Waals surface area contributed by atoms with Crippen LogP contribution < -0.4 is 9.64 Å². The third-order valence-corrected chi connectivity index (χ3v) is 6.41. The van der Waals surface area contributed by atoms with E-state index in [9.17, 15) is 0 Å². The van der Waals surface area contributed by atoms with E-state index in [0.29, 0.717) is 0 Å². The Hall–Kier alpha value is -1.22. The molecule has 3 nitrogen and oxygen atoms in total. The van der Waals surface area contributed by atoms with Gasteiger partial charge in [0.2, 0.25) is 0 Å². The van der Waals surface area contributed by atoms with Crippen molar-refractivity contribution in [1.29, 1.82) is 0 Å². The predicted octanol–water partition coefficient (Wildman–Crippen LogP) is 4.94. The number of fused-ring (bicyclic) bond motifs is 1. The minimum atomic E-state index is 0.734. The highest BCUT2D eigenvalue weighted by atomic mass is 16.5. The van der Waals surface area contributed by atoms with Gasteiger partial charge in [0.05, 0.1) is 13.8 Å². The number of ether oxygens (including phenoxy) is 1. The summed E-state index contributed by atoms with van der Waals surface area (Å²) in [7, 11) is 1.78. The Morgan fingerprint density at radius 1 is 0.875 bits per heavy atom. The van der Waals surface area contributed by atoms with Crippen molar-refractivity contribution in [1.82, 2.24) is 4.90 Å². The average molecular weight is 329 g/mol. The smallest absolute Gasteiger partial charge is 0.119 e. The van der Waals surface area contributed by atoms with Crippen LogP contribution in [0.5, 0.6) is 5.75 Å². The first kappa shape index (κ1) is 16.3. The van der Waals surface area contributed by atoms with E-state index in [0.717, 1.165) is 31.0 Å². The fourth-order valence-corrected chi connectivity index (χ4v) is 5.03. The second kappa shape index (κ2) is 7.35. The van der Waals surface area contributed by atoms with Gasteiger partial charge in [0.15, 0.2) is 0 Å². The molecule has 1 heterocycles. The van der Waals surface area contributed by atoms with Crippen LogP contribution in [-0.2, 0) is 6.54 Å². The van der Waals surface area contributed by atoms with Crippen molar-refractivity contribution >= 4 is 5.69 Å². The Labute approximate surface area is 147 Å². The van der Waals surface area contributed by atoms with Crippen LogP contribution in [0.1, 0.15) is 69.8 Å². The minimum Gasteiger partial charge on any atom is -0.497 e. The number of hydrogen-bond acceptors (Lipinski definition) is 3. The average Bonchev–Trinajstić information content (AvgIpc) is 2.68. The molecule has 3 heteroatoms. The van der Waals surface area contributed by atoms with Gasteiger partial charge in [-0.05, 0) is 49.4 Å². The molecule has 3 aliphatic rings. The van der Waals surface area contributed by atoms with Crippen molar-refractivity contribution in [2.75, 3.05) is 18.7 Å². The van der Waals surface area contributed by atoms with Crippen molar-refractivity contribution in [3.63, 3.8) is 0 Å². The van der Waals surface area contributed by atoms with Gasteiger partial charge < -0.3 is 9.64 Å². The monoisotopic (exact) mass is 328 g/mol. The molecule has 2 fully saturated rings. The molecule has 1 aromatic rings. The van der Waals surface area contributed by atoms with Crippen molar-refractivity contribution in [2.45, 2.75) is 82.8 Å². The Morgan fingerprint density at radius 3 is 2.21 bits per heavy atom. The van der Waals surface area contributed by atoms with Crippen LogP contribution in [-0.4, -0.2) is 30.8 Å². The Kier molecular flexibility index (Phi) is 4.98. The van der Waals surface area contributed by atoms with E-state index in [-0.39, 0.29) is 0 Å². The number of benzene rings is 1. The van der Waals surface area contributed by atoms with Gasteiger partial charge in [-0.3, -0.25) is 4.90 Å². The lowest BCUT2D eigenvalue weighted by Gasteiger charge is -2.47. The second-order valence-corrected chi connectivity index (χ2v) is 7.94. The van der Waals surface area contributed by atoms with Gasteiger partial charge in [-0.15, -0.1) is 0 Å². The molecule has 0 unspecified atom stereocenters. The number of nitrogens with zero attached hydrogens (tertiary/aromatic N) is 2. The maximum absolute atomic E-state index is 5.50. The molecule has 1 aromatic carbocycles. The highest BCUT2D eigenvalue weighted by molar-refractivity contribution is 5.58. The summed E-state index contributed by atoms with van der Waals surface area (Å²) < 4.78 is 5.50. The van der Waals surface area contributed by atoms with Crippen LogP contribution >= 0.6 is 0 Å². The lowest BCUT2D eigenvalue weighted by Crippen LogP contribution is -2.51. The van der Waals surface area contributed by atoms with Crippen LogP contribution in [0.15, 0.2) is 18.2 Å². The maximum atomic E-state index is 5.50. The first-order valence-corrected chi connectivity index (χ1v) is 10.0. The SMILES string of the molecule is COc1ccc2c(c1)CN(C1CCCCC1)CN2C1CCCCC1. The van der Waals surface area contributed by atoms with Crippen molar-refractivity contribution in [3.8, 4) is 5.75 Å². The van der Waals surface area contributed by atoms with E-state index in [1.807, 2.05) is 0 Å². The summed E-state index contributed by atoms with van der Waals surface area (Å²) in [4.78, 5) is 5.49. The molecular formula is C21H32N2O. The summed E-state index contributed by atoms with van der Waals surface area (Å²) in [6.45, 7) is 2.23. The highest BCUT2D eigenvalue weighted by Gasteiger charge is 2.32. The molecule has 0 spiro atoms. The molecule has 0 aromatic heterocycles. The summed E-state index contributed by atoms with van der Waals surface area (Å²) in [5.41, 5.74) is 2.94. The van der Waals surface area contributed by atoms with Gasteiger partial charge in [-0.25, -0.2) is 0 Å². The molecule has 0 saturated heterocycles. The minimum absolute atomic E-state index is 0.734. The molecule has 1 aliphatic heterocycles. The molecule has 2 aliphatic carbocycles. The fraction of sp³-hybridized carbons (Fsp3) is 0.714. The molecule has 0 atom stereocenters. The van der Waals surface area contributed by atoms with Crippen LogP contribution in [0.25, 0.3) is 0 Å². The third-order valence-electron chi connectivity index (χ3n) is 6.41. The van der Waals surface area contributed by atoms with Gasteiger partial charge in [-0.2, -0.15) is 0 Å². The van der Waals surface area contributed by atoms with Crippen LogP contribution in [0.4, 0.5) is 5.69 Å². The quantitative estimate of drug-likeness (QED) is 0.781. The van der Waals surface area contributed by atoms with Crippen LogP contribution in [0.2, 0.25) is 0 Å². The van der Waals surface area contributed by atoms with Crippen molar-refractivity contribution in [3.05, 3.63) is 23.8 Å². The molecular weight excluding hydrogens is 296 g/mol. The summed E-state index contributed by atoms with van der Waals surface area (Å²) >= 11 is 0. The maximum Gasteiger partial charge on any atom is 0.119 e. The van der Waals surface area contributed by atoms with E-state index in [2.05, 4.69) is 28.0 Å². The van der Waals surface area contributed by atoms with Gasteiger partial charge in [0, 0.05) is 24.3 Å². The molecule has 0 amide bonds. The fourth-order valence-electron chi connectivity index (χ4n) is 5.03. The van der Waals surface area contributed by atoms with E-state index >= 15 is 0 Å². The number of rotatable bonds is 3. The van der Waals surface area contributed by atoms with Crippen LogP contribution in [0.3, 0.4) is 0 Å². The Morgan fingerprint density at radius 2 is 1.54 bits per heavy atom. The Bertz CT molecular complexity index is 547. The van der Waals surface area contributed by atoms with E-state index in [1.165, 1.54) is 75.5 Å². The largest absolute Gasteiger partial charge is 0.497 e. The predicted molar refractivity (Wildman–Crippen MR) is 99.6 cm³/mol. The van der Waals surface area contributed by atoms with E-state index < -0.39 is 0 Å². The zero-order valence-electron chi connectivity index (χ0n) is 15.2. The van der Waals surface area contributed by atoms with E-state index in [4.69, 9.17) is 4.74 Å². The molecule has 0 N–H and O–H groups in total. The summed E-state index contributed by atoms with van der Waals surface area (Å²) in [5.74, 6) is 1.00. The molecule has 0 radical (unpaired) electrons. The molecule has 24 heavy (non-hydrogen) atoms. The first-order valence-electron chi connectivity index (χ1n) is 10.0. The van der Waals surface area contributed by atoms with Crippen LogP contribution in [0, 0.1) is 0 Å². The van der Waals surface area contributed by atoms with Gasteiger partial charge in [0.25, 0.3) is 0 Å². The lowest BCUT2D eigenvalue weighted by atomic mass is 9.91. The summed E-state index contributed by atoms with van der Waals surface area (Å²) in [6.07, 6.45) is 14.0. The summed E-state index contributed by atoms with van der Waals surface area (Å²) in [5, 5.41) is 0. The normalized spacial score (nSPS) is 24.0. The standard InChI is InChI=1S/C21H32N2O/c1-24-20-12-13-21-17(14-20)15-22(18-8-4-2-5-9-18)16-23(21)19-10-6-3-7-11-19/h12-14,18-19H,2-11,15-16H2,1H3. The topological polar surface area (TPSA) is 15.7 Å². The second-order valence-electron chi connectivity index (χ2n) is 7.94. The number of hydrogen-bond donors (Lipinski definition) is 0. The molecule has 0 bridgehead atoms. The third kappa shape index (κ3) is 3.28. The van der Waals surface area contributed by atoms with Gasteiger partial charge in [-0.1, -0.05) is 38.5 Å². The van der Waals surface area contributed by atoms with Crippen molar-refractivity contribution < 1.29 is 4.74 Å². The van der Waals surface area contributed by atoms with Gasteiger partial charge in [0.1, 0.15) is 5.75 Å². The van der Waals surface area contributed by atoms with Crippen molar-refractivity contribution in [2.24, 2.45) is 0 Å². The molecule has 132 valence electrons. The first-order chi connectivity index (χ1) is 11.8. The molecule has 4 rings (SSSR count). The zero-order chi connectivity index (χ0) is 16.4. The Balaban J connectivity index is 1.61. The summed E-state index contributed by atoms with van der Waals surface area (Å²) in [6, 6.07) is 8.24. The lowest BCUT2D eigenvalue weighted by molar-refractivity contribution is 0.133. The molecule has 2 saturated carbocycles. The van der Waals surface area contributed by atoms with E-state index in [1.54, 1.807) is 7.11 Å². The number of anilines is 1. The zero-order valence-corrected chi connectivity index (χ0v) is 15.2.